The standard InChI is InChI=1S/C24H25FN6O2S/c1-14(9-10-32)34-20-8-7-17(11-18(20)25)19-13-28-22(26)21(29-19)24-31-30-23(33-24)16-5-3-15(4-6-16)12-27-2/h3-8,11,13-14,27,32H,9-10,12H2,1-2H3,(H2,26,28). The lowest BCUT2D eigenvalue weighted by atomic mass is 10.1. The van der Waals surface area contributed by atoms with E-state index in [0.717, 1.165) is 17.7 Å². The Balaban J connectivity index is 1.59. The van der Waals surface area contributed by atoms with Crippen LogP contribution < -0.4 is 11.1 Å². The molecule has 2 aromatic carbocycles. The Labute approximate surface area is 200 Å². The van der Waals surface area contributed by atoms with Crippen LogP contribution in [0.2, 0.25) is 0 Å². The molecule has 0 amide bonds. The molecule has 4 aromatic rings. The normalized spacial score (nSPS) is 12.1. The summed E-state index contributed by atoms with van der Waals surface area (Å²) in [4.78, 5) is 9.23. The molecular weight excluding hydrogens is 455 g/mol. The first-order valence-corrected chi connectivity index (χ1v) is 11.6. The van der Waals surface area contributed by atoms with E-state index >= 15 is 0 Å². The van der Waals surface area contributed by atoms with Gasteiger partial charge in [-0.25, -0.2) is 14.4 Å². The van der Waals surface area contributed by atoms with Crippen molar-refractivity contribution in [2.45, 2.75) is 30.0 Å². The number of nitrogens with two attached hydrogens (primary N) is 1. The monoisotopic (exact) mass is 480 g/mol. The van der Waals surface area contributed by atoms with Crippen molar-refractivity contribution in [3.8, 4) is 34.3 Å². The highest BCUT2D eigenvalue weighted by molar-refractivity contribution is 8.00. The maximum atomic E-state index is 14.7. The number of thioether (sulfide) groups is 1. The highest BCUT2D eigenvalue weighted by Gasteiger charge is 2.18. The summed E-state index contributed by atoms with van der Waals surface area (Å²) in [6, 6.07) is 12.6. The van der Waals surface area contributed by atoms with E-state index < -0.39 is 0 Å². The molecule has 0 aliphatic heterocycles. The van der Waals surface area contributed by atoms with Crippen LogP contribution in [0, 0.1) is 5.82 Å². The van der Waals surface area contributed by atoms with Crippen LogP contribution in [0.25, 0.3) is 34.3 Å². The Kier molecular flexibility index (Phi) is 7.51. The number of hydrogen-bond donors (Lipinski definition) is 3. The maximum Gasteiger partial charge on any atom is 0.270 e. The smallest absolute Gasteiger partial charge is 0.270 e. The van der Waals surface area contributed by atoms with Gasteiger partial charge in [-0.15, -0.1) is 22.0 Å². The minimum atomic E-state index is -0.366. The van der Waals surface area contributed by atoms with Crippen LogP contribution in [0.15, 0.2) is 58.0 Å². The number of nitrogens with zero attached hydrogens (tertiary/aromatic N) is 4. The highest BCUT2D eigenvalue weighted by Crippen LogP contribution is 2.32. The number of nitrogens with one attached hydrogen (secondary N) is 1. The molecule has 0 spiro atoms. The van der Waals surface area contributed by atoms with E-state index in [1.807, 2.05) is 38.2 Å². The Morgan fingerprint density at radius 2 is 1.85 bits per heavy atom. The van der Waals surface area contributed by atoms with Crippen LogP contribution in [-0.2, 0) is 6.54 Å². The summed E-state index contributed by atoms with van der Waals surface area (Å²) in [6.45, 7) is 2.77. The summed E-state index contributed by atoms with van der Waals surface area (Å²) in [7, 11) is 1.89. The second-order valence-electron chi connectivity index (χ2n) is 7.71. The third kappa shape index (κ3) is 5.41. The molecule has 8 nitrogen and oxygen atoms in total. The summed E-state index contributed by atoms with van der Waals surface area (Å²) in [5, 5.41) is 20.5. The fourth-order valence-corrected chi connectivity index (χ4v) is 4.29. The quantitative estimate of drug-likeness (QED) is 0.303. The van der Waals surface area contributed by atoms with Gasteiger partial charge in [-0.2, -0.15) is 0 Å². The second-order valence-corrected chi connectivity index (χ2v) is 9.19. The minimum Gasteiger partial charge on any atom is -0.414 e. The Morgan fingerprint density at radius 1 is 1.12 bits per heavy atom. The maximum absolute atomic E-state index is 14.7. The molecule has 1 unspecified atom stereocenters. The van der Waals surface area contributed by atoms with Crippen LogP contribution in [0.3, 0.4) is 0 Å². The van der Waals surface area contributed by atoms with Gasteiger partial charge in [0.2, 0.25) is 5.89 Å². The molecule has 10 heteroatoms. The second kappa shape index (κ2) is 10.7. The highest BCUT2D eigenvalue weighted by atomic mass is 32.2. The van der Waals surface area contributed by atoms with Gasteiger partial charge >= 0.3 is 0 Å². The van der Waals surface area contributed by atoms with Gasteiger partial charge in [0.25, 0.3) is 5.89 Å². The van der Waals surface area contributed by atoms with E-state index in [1.165, 1.54) is 24.0 Å². The molecule has 1 atom stereocenters. The number of benzene rings is 2. The molecule has 2 aromatic heterocycles. The lowest BCUT2D eigenvalue weighted by Crippen LogP contribution is -2.04. The molecule has 0 saturated heterocycles. The minimum absolute atomic E-state index is 0.0662. The number of aromatic nitrogens is 4. The molecule has 0 aliphatic rings. The average Bonchev–Trinajstić information content (AvgIpc) is 3.32. The Hall–Kier alpha value is -3.34. The first kappa shape index (κ1) is 23.8. The average molecular weight is 481 g/mol. The van der Waals surface area contributed by atoms with E-state index in [-0.39, 0.29) is 35.1 Å². The van der Waals surface area contributed by atoms with E-state index in [4.69, 9.17) is 15.3 Å². The number of rotatable bonds is 9. The summed E-state index contributed by atoms with van der Waals surface area (Å²) in [5.41, 5.74) is 9.15. The van der Waals surface area contributed by atoms with Crippen LogP contribution in [0.1, 0.15) is 18.9 Å². The molecule has 0 fully saturated rings. The molecule has 0 bridgehead atoms. The third-order valence-electron chi connectivity index (χ3n) is 5.10. The van der Waals surface area contributed by atoms with Crippen molar-refractivity contribution in [2.24, 2.45) is 0 Å². The molecule has 0 aliphatic carbocycles. The predicted octanol–water partition coefficient (Wildman–Crippen LogP) is 4.16. The number of halogens is 1. The largest absolute Gasteiger partial charge is 0.414 e. The van der Waals surface area contributed by atoms with Crippen LogP contribution in [0.4, 0.5) is 10.2 Å². The molecule has 176 valence electrons. The number of aliphatic hydroxyl groups excluding tert-OH is 1. The van der Waals surface area contributed by atoms with Crippen molar-refractivity contribution in [3.63, 3.8) is 0 Å². The molecular formula is C24H25FN6O2S. The van der Waals surface area contributed by atoms with Gasteiger partial charge in [-0.3, -0.25) is 0 Å². The van der Waals surface area contributed by atoms with Crippen molar-refractivity contribution in [3.05, 3.63) is 60.0 Å². The summed E-state index contributed by atoms with van der Waals surface area (Å²) in [5.74, 6) is 0.233. The van der Waals surface area contributed by atoms with Crippen molar-refractivity contribution < 1.29 is 13.9 Å². The first-order chi connectivity index (χ1) is 16.5. The van der Waals surface area contributed by atoms with Crippen LogP contribution in [-0.4, -0.2) is 44.2 Å². The molecule has 2 heterocycles. The Bertz CT molecular complexity index is 1260. The number of aliphatic hydroxyl groups is 1. The van der Waals surface area contributed by atoms with Crippen molar-refractivity contribution >= 4 is 17.6 Å². The molecule has 4 N–H and O–H groups in total. The molecule has 34 heavy (non-hydrogen) atoms. The third-order valence-corrected chi connectivity index (χ3v) is 6.32. The fraction of sp³-hybridized carbons (Fsp3) is 0.250. The van der Waals surface area contributed by atoms with Crippen LogP contribution >= 0.6 is 11.8 Å². The number of hydrogen-bond acceptors (Lipinski definition) is 9. The molecule has 4 rings (SSSR count). The van der Waals surface area contributed by atoms with E-state index in [0.29, 0.717) is 28.5 Å². The first-order valence-electron chi connectivity index (χ1n) is 10.8. The summed E-state index contributed by atoms with van der Waals surface area (Å²) >= 11 is 1.38. The van der Waals surface area contributed by atoms with Crippen molar-refractivity contribution in [1.82, 2.24) is 25.5 Å². The zero-order chi connectivity index (χ0) is 24.1. The fourth-order valence-electron chi connectivity index (χ4n) is 3.31. The van der Waals surface area contributed by atoms with Gasteiger partial charge in [0.1, 0.15) is 5.82 Å². The van der Waals surface area contributed by atoms with Gasteiger partial charge in [0.15, 0.2) is 11.5 Å². The lowest BCUT2D eigenvalue weighted by Gasteiger charge is -2.11. The van der Waals surface area contributed by atoms with Crippen molar-refractivity contribution in [2.75, 3.05) is 19.4 Å². The zero-order valence-corrected chi connectivity index (χ0v) is 19.6. The lowest BCUT2D eigenvalue weighted by molar-refractivity contribution is 0.289. The molecule has 0 radical (unpaired) electrons. The SMILES string of the molecule is CNCc1ccc(-c2nnc(-c3nc(-c4ccc(SC(C)CCO)c(F)c4)cnc3N)o2)cc1. The molecule has 0 saturated carbocycles. The van der Waals surface area contributed by atoms with Crippen molar-refractivity contribution in [1.29, 1.82) is 0 Å². The Morgan fingerprint density at radius 3 is 2.56 bits per heavy atom. The van der Waals surface area contributed by atoms with Crippen LogP contribution in [0.5, 0.6) is 0 Å². The van der Waals surface area contributed by atoms with E-state index in [2.05, 4.69) is 25.5 Å². The van der Waals surface area contributed by atoms with Gasteiger partial charge in [-0.05, 0) is 43.3 Å². The topological polar surface area (TPSA) is 123 Å². The van der Waals surface area contributed by atoms with E-state index in [1.54, 1.807) is 12.1 Å². The van der Waals surface area contributed by atoms with Gasteiger partial charge in [0, 0.05) is 34.4 Å². The number of nitrogen functional groups attached to an aromatic ring is 1. The number of anilines is 1. The van der Waals surface area contributed by atoms with Gasteiger partial charge in [-0.1, -0.05) is 25.1 Å². The summed E-state index contributed by atoms with van der Waals surface area (Å²) in [6.07, 6.45) is 2.07. The summed E-state index contributed by atoms with van der Waals surface area (Å²) < 4.78 is 20.5. The predicted molar refractivity (Wildman–Crippen MR) is 130 cm³/mol. The van der Waals surface area contributed by atoms with E-state index in [9.17, 15) is 4.39 Å². The zero-order valence-electron chi connectivity index (χ0n) is 18.8. The van der Waals surface area contributed by atoms with Gasteiger partial charge < -0.3 is 20.6 Å². The van der Waals surface area contributed by atoms with Gasteiger partial charge in [0.05, 0.1) is 11.9 Å².